The Kier molecular flexibility index (Phi) is 8.45. The molecule has 0 aromatic carbocycles. The summed E-state index contributed by atoms with van der Waals surface area (Å²) < 4.78 is 0. The van der Waals surface area contributed by atoms with Crippen molar-refractivity contribution in [3.63, 3.8) is 0 Å². The van der Waals surface area contributed by atoms with Crippen LogP contribution in [-0.2, 0) is 24.0 Å². The highest BCUT2D eigenvalue weighted by atomic mass is 16.2. The zero-order valence-corrected chi connectivity index (χ0v) is 27.6. The normalized spacial score (nSPS) is 28.2. The first-order valence-corrected chi connectivity index (χ1v) is 16.0. The van der Waals surface area contributed by atoms with E-state index in [2.05, 4.69) is 25.8 Å². The number of hydrogen-bond donors (Lipinski definition) is 1. The molecule has 0 bridgehead atoms. The van der Waals surface area contributed by atoms with E-state index in [1.165, 1.54) is 0 Å². The summed E-state index contributed by atoms with van der Waals surface area (Å²) >= 11 is 0. The van der Waals surface area contributed by atoms with Crippen molar-refractivity contribution in [2.45, 2.75) is 113 Å². The van der Waals surface area contributed by atoms with Gasteiger partial charge in [-0.1, -0.05) is 74.7 Å². The molecule has 2 aliphatic carbocycles. The molecule has 4 fully saturated rings. The monoisotopic (exact) mass is 585 g/mol. The van der Waals surface area contributed by atoms with Crippen molar-refractivity contribution in [3.05, 3.63) is 0 Å². The lowest BCUT2D eigenvalue weighted by Crippen LogP contribution is -2.50. The fourth-order valence-electron chi connectivity index (χ4n) is 8.91. The number of rotatable bonds is 11. The molecule has 0 radical (unpaired) electrons. The highest BCUT2D eigenvalue weighted by Crippen LogP contribution is 2.84. The van der Waals surface area contributed by atoms with Crippen LogP contribution in [0.2, 0.25) is 0 Å². The van der Waals surface area contributed by atoms with Crippen molar-refractivity contribution in [3.8, 4) is 0 Å². The first-order valence-electron chi connectivity index (χ1n) is 16.0. The number of primary amides is 1. The Hall–Kier alpha value is -2.09. The van der Waals surface area contributed by atoms with Crippen molar-refractivity contribution in [2.75, 3.05) is 26.7 Å². The lowest BCUT2D eigenvalue weighted by molar-refractivity contribution is -0.147. The summed E-state index contributed by atoms with van der Waals surface area (Å²) in [6.07, 6.45) is 4.60. The molecule has 2 amide bonds. The average Bonchev–Trinajstić information content (AvgIpc) is 3.07. The smallest absolute Gasteiger partial charge is 0.285 e. The Morgan fingerprint density at radius 2 is 1.50 bits per heavy atom. The Bertz CT molecular complexity index is 1130. The fourth-order valence-corrected chi connectivity index (χ4v) is 8.91. The number of fused-ring (bicyclic) bond motifs is 1. The summed E-state index contributed by atoms with van der Waals surface area (Å²) in [7, 11) is 2.10. The van der Waals surface area contributed by atoms with Crippen LogP contribution in [0.4, 0.5) is 0 Å². The summed E-state index contributed by atoms with van der Waals surface area (Å²) in [6, 6.07) is -0.672. The minimum atomic E-state index is -0.993. The van der Waals surface area contributed by atoms with Crippen LogP contribution >= 0.6 is 0 Å². The highest BCUT2D eigenvalue weighted by Gasteiger charge is 2.86. The Balaban J connectivity index is 1.65. The lowest BCUT2D eigenvalue weighted by Gasteiger charge is -2.41. The van der Waals surface area contributed by atoms with Crippen LogP contribution < -0.4 is 5.73 Å². The van der Waals surface area contributed by atoms with Crippen LogP contribution in [-0.4, -0.2) is 71.7 Å². The molecular weight excluding hydrogens is 530 g/mol. The predicted molar refractivity (Wildman–Crippen MR) is 162 cm³/mol. The van der Waals surface area contributed by atoms with E-state index < -0.39 is 35.0 Å². The molecule has 42 heavy (non-hydrogen) atoms. The second-order valence-electron chi connectivity index (χ2n) is 17.2. The van der Waals surface area contributed by atoms with Gasteiger partial charge in [-0.15, -0.1) is 0 Å². The van der Waals surface area contributed by atoms with Gasteiger partial charge in [0.15, 0.2) is 5.78 Å². The van der Waals surface area contributed by atoms with Gasteiger partial charge in [0.25, 0.3) is 5.91 Å². The molecule has 8 nitrogen and oxygen atoms in total. The maximum atomic E-state index is 14.5. The number of amides is 2. The Morgan fingerprint density at radius 3 is 1.95 bits per heavy atom. The zero-order chi connectivity index (χ0) is 31.6. The first-order chi connectivity index (χ1) is 19.2. The van der Waals surface area contributed by atoms with E-state index in [9.17, 15) is 24.0 Å². The highest BCUT2D eigenvalue weighted by molar-refractivity contribution is 6.36. The molecule has 0 aromatic heterocycles. The van der Waals surface area contributed by atoms with Crippen LogP contribution in [0.25, 0.3) is 0 Å². The number of hydrogen-bond acceptors (Lipinski definition) is 6. The molecule has 4 atom stereocenters. The standard InChI is InChI=1S/C34H55N3O5/c1-30(2,3)16-23(38)15-24(31(4,5)6)29(42)37-20-33(32(7,8)34(33)18-36(9)19-34)17-25(37)26(39)14-22(27(40)28(35)41)13-21-11-10-12-21/h21-22,24-25H,10-20H2,1-9H3,(H2,35,41)/t22?,24-,25+,33-/m1/s1. The molecule has 4 aliphatic rings. The molecule has 2 N–H and O–H groups in total. The van der Waals surface area contributed by atoms with E-state index >= 15 is 0 Å². The van der Waals surface area contributed by atoms with E-state index in [1.54, 1.807) is 4.90 Å². The summed E-state index contributed by atoms with van der Waals surface area (Å²) in [6.45, 7) is 18.9. The second kappa shape index (κ2) is 10.8. The van der Waals surface area contributed by atoms with E-state index in [-0.39, 0.29) is 52.0 Å². The minimum Gasteiger partial charge on any atom is -0.363 e. The van der Waals surface area contributed by atoms with Gasteiger partial charge in [-0.2, -0.15) is 0 Å². The average molecular weight is 586 g/mol. The molecule has 2 aliphatic heterocycles. The fraction of sp³-hybridized carbons (Fsp3) is 0.853. The van der Waals surface area contributed by atoms with Crippen molar-refractivity contribution < 1.29 is 24.0 Å². The maximum Gasteiger partial charge on any atom is 0.285 e. The van der Waals surface area contributed by atoms with Gasteiger partial charge in [0.2, 0.25) is 11.7 Å². The van der Waals surface area contributed by atoms with E-state index in [0.717, 1.165) is 32.4 Å². The van der Waals surface area contributed by atoms with Crippen LogP contribution in [0.15, 0.2) is 0 Å². The van der Waals surface area contributed by atoms with Gasteiger partial charge < -0.3 is 15.5 Å². The minimum absolute atomic E-state index is 0.0377. The van der Waals surface area contributed by atoms with E-state index in [4.69, 9.17) is 5.73 Å². The number of Topliss-reactive ketones (excluding diaryl/α,β-unsaturated/α-hetero) is 3. The molecule has 2 spiro atoms. The topological polar surface area (TPSA) is 118 Å². The predicted octanol–water partition coefficient (Wildman–Crippen LogP) is 4.42. The first kappa shape index (κ1) is 32.8. The largest absolute Gasteiger partial charge is 0.363 e. The van der Waals surface area contributed by atoms with Gasteiger partial charge in [-0.25, -0.2) is 0 Å². The SMILES string of the molecule is CN1CC2(C1)C(C)(C)[C@]21C[C@@H](C(=O)CC(CC2CCC2)C(=O)C(N)=O)N(C(=O)[C@@H](CC(=O)CC(C)(C)C)C(C)(C)C)C1. The zero-order valence-electron chi connectivity index (χ0n) is 27.6. The number of nitrogens with two attached hydrogens (primary N) is 1. The molecule has 4 rings (SSSR count). The van der Waals surface area contributed by atoms with E-state index in [1.807, 2.05) is 41.5 Å². The van der Waals surface area contributed by atoms with Crippen molar-refractivity contribution in [2.24, 2.45) is 50.6 Å². The number of carbonyl (C=O) groups excluding carboxylic acids is 5. The van der Waals surface area contributed by atoms with Crippen molar-refractivity contribution in [1.82, 2.24) is 9.80 Å². The Labute approximate surface area is 252 Å². The van der Waals surface area contributed by atoms with Crippen LogP contribution in [0, 0.1) is 44.8 Å². The van der Waals surface area contributed by atoms with Gasteiger partial charge in [-0.3, -0.25) is 24.0 Å². The summed E-state index contributed by atoms with van der Waals surface area (Å²) in [4.78, 5) is 70.8. The number of nitrogens with zero attached hydrogens (tertiary/aromatic N) is 2. The van der Waals surface area contributed by atoms with Gasteiger partial charge in [0.05, 0.1) is 6.04 Å². The molecule has 236 valence electrons. The third kappa shape index (κ3) is 5.61. The van der Waals surface area contributed by atoms with Crippen LogP contribution in [0.3, 0.4) is 0 Å². The quantitative estimate of drug-likeness (QED) is 0.359. The molecular formula is C34H55N3O5. The van der Waals surface area contributed by atoms with Gasteiger partial charge in [0.1, 0.15) is 5.78 Å². The number of ketones is 3. The molecule has 2 saturated carbocycles. The lowest BCUT2D eigenvalue weighted by atomic mass is 9.75. The third-order valence-electron chi connectivity index (χ3n) is 11.7. The number of carbonyl (C=O) groups is 5. The molecule has 2 saturated heterocycles. The summed E-state index contributed by atoms with van der Waals surface area (Å²) in [5, 5.41) is 0. The third-order valence-corrected chi connectivity index (χ3v) is 11.7. The molecule has 1 unspecified atom stereocenters. The molecule has 0 aromatic rings. The van der Waals surface area contributed by atoms with Gasteiger partial charge >= 0.3 is 0 Å². The number of likely N-dealkylation sites (tertiary alicyclic amines) is 2. The Morgan fingerprint density at radius 1 is 0.905 bits per heavy atom. The van der Waals surface area contributed by atoms with Gasteiger partial charge in [-0.05, 0) is 42.1 Å². The maximum absolute atomic E-state index is 14.5. The van der Waals surface area contributed by atoms with Crippen molar-refractivity contribution in [1.29, 1.82) is 0 Å². The molecule has 2 heterocycles. The van der Waals surface area contributed by atoms with Gasteiger partial charge in [0, 0.05) is 61.6 Å². The van der Waals surface area contributed by atoms with Crippen molar-refractivity contribution >= 4 is 29.2 Å². The van der Waals surface area contributed by atoms with Crippen LogP contribution in [0.1, 0.15) is 107 Å². The summed E-state index contributed by atoms with van der Waals surface area (Å²) in [5.74, 6) is -2.87. The second-order valence-corrected chi connectivity index (χ2v) is 17.2. The summed E-state index contributed by atoms with van der Waals surface area (Å²) in [5.41, 5.74) is 4.55. The van der Waals surface area contributed by atoms with Crippen LogP contribution in [0.5, 0.6) is 0 Å². The van der Waals surface area contributed by atoms with E-state index in [0.29, 0.717) is 31.7 Å². The molecule has 8 heteroatoms.